The first kappa shape index (κ1) is 10.1. The zero-order chi connectivity index (χ0) is 8.15. The van der Waals surface area contributed by atoms with Gasteiger partial charge in [-0.2, -0.15) is 0 Å². The monoisotopic (exact) mass is 272 g/mol. The summed E-state index contributed by atoms with van der Waals surface area (Å²) in [6.07, 6.45) is -0.162. The van der Waals surface area contributed by atoms with Gasteiger partial charge in [0.1, 0.15) is 0 Å². The normalized spacial score (nSPS) is 12.6. The fourth-order valence-electron chi connectivity index (χ4n) is 0.351. The molecule has 0 spiro atoms. The number of carboxylic acids is 1. The molecule has 5 heteroatoms. The highest BCUT2D eigenvalue weighted by Gasteiger charge is 2.16. The van der Waals surface area contributed by atoms with Crippen molar-refractivity contribution in [2.75, 3.05) is 5.33 Å². The molecular formula is C5H6Br2O3. The highest BCUT2D eigenvalue weighted by atomic mass is 79.9. The van der Waals surface area contributed by atoms with Crippen LogP contribution in [0, 0.1) is 0 Å². The molecule has 3 nitrogen and oxygen atoms in total. The van der Waals surface area contributed by atoms with E-state index in [0.29, 0.717) is 0 Å². The average Bonchev–Trinajstić information content (AvgIpc) is 1.85. The van der Waals surface area contributed by atoms with Crippen LogP contribution in [-0.4, -0.2) is 27.0 Å². The van der Waals surface area contributed by atoms with E-state index in [0.717, 1.165) is 0 Å². The molecule has 0 aromatic heterocycles. The SMILES string of the molecule is O=C(O)C[C@H](Br)C(=O)CBr. The summed E-state index contributed by atoms with van der Waals surface area (Å²) in [5, 5.41) is 8.42. The van der Waals surface area contributed by atoms with E-state index in [9.17, 15) is 9.59 Å². The molecule has 0 heterocycles. The van der Waals surface area contributed by atoms with E-state index in [1.807, 2.05) is 0 Å². The quantitative estimate of drug-likeness (QED) is 0.783. The molecule has 0 bridgehead atoms. The molecule has 0 unspecified atom stereocenters. The molecule has 0 amide bonds. The van der Waals surface area contributed by atoms with Gasteiger partial charge in [0, 0.05) is 0 Å². The maximum atomic E-state index is 10.7. The van der Waals surface area contributed by atoms with Crippen LogP contribution in [0.25, 0.3) is 0 Å². The van der Waals surface area contributed by atoms with Gasteiger partial charge in [-0.25, -0.2) is 0 Å². The zero-order valence-corrected chi connectivity index (χ0v) is 8.18. The Morgan fingerprint density at radius 3 is 2.30 bits per heavy atom. The maximum absolute atomic E-state index is 10.7. The summed E-state index contributed by atoms with van der Waals surface area (Å²) in [7, 11) is 0. The van der Waals surface area contributed by atoms with Crippen LogP contribution in [-0.2, 0) is 9.59 Å². The Morgan fingerprint density at radius 2 is 2.00 bits per heavy atom. The van der Waals surface area contributed by atoms with E-state index in [-0.39, 0.29) is 17.5 Å². The summed E-state index contributed by atoms with van der Waals surface area (Å²) >= 11 is 5.88. The van der Waals surface area contributed by atoms with Crippen molar-refractivity contribution in [3.8, 4) is 0 Å². The molecule has 0 rings (SSSR count). The number of hydrogen-bond acceptors (Lipinski definition) is 2. The lowest BCUT2D eigenvalue weighted by Crippen LogP contribution is -2.18. The van der Waals surface area contributed by atoms with Crippen molar-refractivity contribution in [1.82, 2.24) is 0 Å². The fourth-order valence-corrected chi connectivity index (χ4v) is 1.61. The smallest absolute Gasteiger partial charge is 0.304 e. The van der Waals surface area contributed by atoms with Crippen LogP contribution < -0.4 is 0 Å². The molecule has 0 aromatic carbocycles. The van der Waals surface area contributed by atoms with Crippen LogP contribution in [0.15, 0.2) is 0 Å². The van der Waals surface area contributed by atoms with Gasteiger partial charge in [0.05, 0.1) is 16.6 Å². The Hall–Kier alpha value is 0.1000. The first-order valence-electron chi connectivity index (χ1n) is 2.52. The summed E-state index contributed by atoms with van der Waals surface area (Å²) in [5.74, 6) is -1.13. The molecule has 1 N–H and O–H groups in total. The van der Waals surface area contributed by atoms with Crippen LogP contribution in [0.2, 0.25) is 0 Å². The lowest BCUT2D eigenvalue weighted by Gasteiger charge is -2.00. The molecule has 0 radical (unpaired) electrons. The number of alkyl halides is 2. The summed E-state index contributed by atoms with van der Waals surface area (Å²) in [5.41, 5.74) is 0. The molecule has 1 atom stereocenters. The van der Waals surface area contributed by atoms with E-state index >= 15 is 0 Å². The third-order valence-electron chi connectivity index (χ3n) is 0.835. The highest BCUT2D eigenvalue weighted by molar-refractivity contribution is 9.10. The maximum Gasteiger partial charge on any atom is 0.304 e. The van der Waals surface area contributed by atoms with Gasteiger partial charge in [-0.1, -0.05) is 31.9 Å². The number of carboxylic acid groups (broad SMARTS) is 1. The number of ketones is 1. The van der Waals surface area contributed by atoms with Gasteiger partial charge in [-0.15, -0.1) is 0 Å². The predicted octanol–water partition coefficient (Wildman–Crippen LogP) is 1.19. The number of hydrogen-bond donors (Lipinski definition) is 1. The van der Waals surface area contributed by atoms with E-state index in [2.05, 4.69) is 31.9 Å². The Labute approximate surface area is 75.1 Å². The second-order valence-corrected chi connectivity index (χ2v) is 3.33. The van der Waals surface area contributed by atoms with Crippen molar-refractivity contribution in [2.24, 2.45) is 0 Å². The zero-order valence-electron chi connectivity index (χ0n) is 5.01. The fraction of sp³-hybridized carbons (Fsp3) is 0.600. The molecular weight excluding hydrogens is 268 g/mol. The molecule has 10 heavy (non-hydrogen) atoms. The highest BCUT2D eigenvalue weighted by Crippen LogP contribution is 2.07. The van der Waals surface area contributed by atoms with Crippen molar-refractivity contribution >= 4 is 43.6 Å². The van der Waals surface area contributed by atoms with Crippen molar-refractivity contribution in [2.45, 2.75) is 11.2 Å². The van der Waals surface area contributed by atoms with Gasteiger partial charge < -0.3 is 5.11 Å². The third-order valence-corrected chi connectivity index (χ3v) is 2.22. The van der Waals surface area contributed by atoms with Gasteiger partial charge in [-0.3, -0.25) is 9.59 Å². The number of aliphatic carboxylic acids is 1. The largest absolute Gasteiger partial charge is 0.481 e. The molecule has 0 aliphatic carbocycles. The summed E-state index contributed by atoms with van der Waals surface area (Å²) in [6, 6.07) is 0. The molecule has 0 saturated heterocycles. The molecule has 0 aliphatic rings. The lowest BCUT2D eigenvalue weighted by atomic mass is 10.2. The first-order chi connectivity index (χ1) is 4.57. The minimum absolute atomic E-state index is 0.151. The topological polar surface area (TPSA) is 54.4 Å². The Balaban J connectivity index is 3.72. The van der Waals surface area contributed by atoms with Gasteiger partial charge in [0.25, 0.3) is 0 Å². The number of carbonyl (C=O) groups excluding carboxylic acids is 1. The second kappa shape index (κ2) is 4.85. The molecule has 58 valence electrons. The first-order valence-corrected chi connectivity index (χ1v) is 4.56. The lowest BCUT2D eigenvalue weighted by molar-refractivity contribution is -0.138. The van der Waals surface area contributed by atoms with Gasteiger partial charge >= 0.3 is 5.97 Å². The Kier molecular flexibility index (Phi) is 4.89. The van der Waals surface area contributed by atoms with E-state index in [1.165, 1.54) is 0 Å². The third kappa shape index (κ3) is 4.00. The van der Waals surface area contributed by atoms with Crippen molar-refractivity contribution in [3.05, 3.63) is 0 Å². The van der Waals surface area contributed by atoms with Gasteiger partial charge in [-0.05, 0) is 0 Å². The van der Waals surface area contributed by atoms with E-state index in [4.69, 9.17) is 5.11 Å². The summed E-state index contributed by atoms with van der Waals surface area (Å²) in [4.78, 5) is 20.2. The van der Waals surface area contributed by atoms with Crippen LogP contribution in [0.4, 0.5) is 0 Å². The van der Waals surface area contributed by atoms with Crippen LogP contribution >= 0.6 is 31.9 Å². The number of halogens is 2. The van der Waals surface area contributed by atoms with Crippen molar-refractivity contribution in [3.63, 3.8) is 0 Å². The molecule has 0 fully saturated rings. The number of Topliss-reactive ketones (excluding diaryl/α,β-unsaturated/α-hetero) is 1. The van der Waals surface area contributed by atoms with Crippen LogP contribution in [0.3, 0.4) is 0 Å². The van der Waals surface area contributed by atoms with Crippen LogP contribution in [0.5, 0.6) is 0 Å². The summed E-state index contributed by atoms with van der Waals surface area (Å²) in [6.45, 7) is 0. The minimum Gasteiger partial charge on any atom is -0.481 e. The Morgan fingerprint density at radius 1 is 1.50 bits per heavy atom. The average molecular weight is 274 g/mol. The molecule has 0 saturated carbocycles. The molecule has 0 aromatic rings. The number of carbonyl (C=O) groups is 2. The minimum atomic E-state index is -0.976. The second-order valence-electron chi connectivity index (χ2n) is 1.67. The van der Waals surface area contributed by atoms with E-state index in [1.54, 1.807) is 0 Å². The van der Waals surface area contributed by atoms with Crippen molar-refractivity contribution in [1.29, 1.82) is 0 Å². The predicted molar refractivity (Wildman–Crippen MR) is 43.8 cm³/mol. The van der Waals surface area contributed by atoms with Crippen LogP contribution in [0.1, 0.15) is 6.42 Å². The van der Waals surface area contributed by atoms with E-state index < -0.39 is 10.8 Å². The number of rotatable bonds is 4. The summed E-state index contributed by atoms with van der Waals surface area (Å²) < 4.78 is 0. The molecule has 0 aliphatic heterocycles. The standard InChI is InChI=1S/C5H6Br2O3/c6-2-4(8)3(7)1-5(9)10/h3H,1-2H2,(H,9,10)/t3-/m0/s1. The van der Waals surface area contributed by atoms with Gasteiger partial charge in [0.15, 0.2) is 5.78 Å². The van der Waals surface area contributed by atoms with Crippen molar-refractivity contribution < 1.29 is 14.7 Å². The Bertz CT molecular complexity index is 146. The van der Waals surface area contributed by atoms with Gasteiger partial charge in [0.2, 0.25) is 0 Å².